The van der Waals surface area contributed by atoms with E-state index in [4.69, 9.17) is 0 Å². The maximum Gasteiger partial charge on any atom is 4.00 e. The Hall–Kier alpha value is -3.58. The number of benzene rings is 4. The van der Waals surface area contributed by atoms with Crippen LogP contribution in [0.4, 0.5) is 0 Å². The fourth-order valence-electron chi connectivity index (χ4n) is 4.80. The predicted molar refractivity (Wildman–Crippen MR) is 175 cm³/mol. The Balaban J connectivity index is 0.000000441. The molecule has 2 heteroatoms. The number of allylic oxidation sites excluding steroid dienone is 8. The molecule has 0 heterocycles. The molecule has 0 N–H and O–H groups in total. The van der Waals surface area contributed by atoms with Gasteiger partial charge in [-0.1, -0.05) is 121 Å². The quantitative estimate of drug-likeness (QED) is 0.180. The fraction of sp³-hybridized carbons (Fsp3) is 0.105. The smallest absolute Gasteiger partial charge is 0.346 e. The molecule has 0 aliphatic heterocycles. The first-order valence-corrected chi connectivity index (χ1v) is 13.6. The summed E-state index contributed by atoms with van der Waals surface area (Å²) >= 11 is 0. The van der Waals surface area contributed by atoms with Gasteiger partial charge in [-0.3, -0.25) is 12.2 Å². The maximum atomic E-state index is 3.25. The van der Waals surface area contributed by atoms with Crippen LogP contribution in [0.15, 0.2) is 158 Å². The van der Waals surface area contributed by atoms with Gasteiger partial charge in [-0.15, -0.1) is 12.8 Å². The molecule has 0 amide bonds. The maximum absolute atomic E-state index is 3.25. The van der Waals surface area contributed by atoms with Gasteiger partial charge < -0.3 is 13.8 Å². The number of rotatable bonds is 4. The van der Waals surface area contributed by atoms with E-state index in [0.717, 1.165) is 12.8 Å². The van der Waals surface area contributed by atoms with Gasteiger partial charge in [-0.25, -0.2) is 24.3 Å². The van der Waals surface area contributed by atoms with Crippen LogP contribution in [0.3, 0.4) is 0 Å². The van der Waals surface area contributed by atoms with Crippen molar-refractivity contribution in [3.8, 4) is 0 Å². The third kappa shape index (κ3) is 9.87. The van der Waals surface area contributed by atoms with E-state index >= 15 is 0 Å². The summed E-state index contributed by atoms with van der Waals surface area (Å²) in [4.78, 5) is 0. The Labute approximate surface area is 254 Å². The molecule has 0 spiro atoms. The third-order valence-electron chi connectivity index (χ3n) is 6.37. The molecule has 0 radical (unpaired) electrons. The van der Waals surface area contributed by atoms with Gasteiger partial charge in [0.05, 0.1) is 0 Å². The van der Waals surface area contributed by atoms with E-state index in [0.29, 0.717) is 0 Å². The standard InChI is InChI=1S/C24H20B.2C5H5.2C2H5.Fe/c1-5-13-21(14-6-1)25(22-15-7-2-8-16-22,23-17-9-3-10-18-23)24-19-11-4-12-20-24;2*1-2-4-5-3-1;2*1-2;/h1-20H;2*1-3H,4H2;2*1H2,2H3;/q5*-1;+4. The zero-order valence-corrected chi connectivity index (χ0v) is 24.9. The van der Waals surface area contributed by atoms with E-state index in [1.807, 2.05) is 24.3 Å². The van der Waals surface area contributed by atoms with Gasteiger partial charge in [0.15, 0.2) is 0 Å². The minimum atomic E-state index is -1.22. The summed E-state index contributed by atoms with van der Waals surface area (Å²) in [5.41, 5.74) is 5.36. The van der Waals surface area contributed by atoms with Gasteiger partial charge in [0.2, 0.25) is 0 Å². The second-order valence-corrected chi connectivity index (χ2v) is 8.51. The summed E-state index contributed by atoms with van der Waals surface area (Å²) in [7, 11) is 0. The van der Waals surface area contributed by atoms with Gasteiger partial charge >= 0.3 is 17.1 Å². The first-order chi connectivity index (χ1) is 19.4. The molecule has 0 bridgehead atoms. The van der Waals surface area contributed by atoms with Gasteiger partial charge in [-0.05, 0) is 0 Å². The van der Waals surface area contributed by atoms with Crippen LogP contribution in [0.5, 0.6) is 0 Å². The van der Waals surface area contributed by atoms with Crippen LogP contribution < -0.4 is 21.9 Å². The molecule has 0 saturated heterocycles. The van der Waals surface area contributed by atoms with Crippen LogP contribution in [-0.4, -0.2) is 6.15 Å². The third-order valence-corrected chi connectivity index (χ3v) is 6.37. The summed E-state index contributed by atoms with van der Waals surface area (Å²) in [5.74, 6) is 0. The van der Waals surface area contributed by atoms with E-state index in [1.54, 1.807) is 13.8 Å². The molecule has 0 atom stereocenters. The zero-order valence-electron chi connectivity index (χ0n) is 23.8. The van der Waals surface area contributed by atoms with Crippen LogP contribution in [0, 0.1) is 26.0 Å². The van der Waals surface area contributed by atoms with Crippen LogP contribution >= 0.6 is 0 Å². The molecule has 0 unspecified atom stereocenters. The minimum absolute atomic E-state index is 0. The molecule has 40 heavy (non-hydrogen) atoms. The van der Waals surface area contributed by atoms with Crippen molar-refractivity contribution in [1.82, 2.24) is 0 Å². The Morgan fingerprint density at radius 3 is 0.850 bits per heavy atom. The second-order valence-electron chi connectivity index (χ2n) is 8.51. The van der Waals surface area contributed by atoms with E-state index in [1.165, 1.54) is 21.9 Å². The topological polar surface area (TPSA) is 0 Å². The molecular formula is C38H40BFe-. The average molecular weight is 563 g/mol. The summed E-state index contributed by atoms with van der Waals surface area (Å²) in [6.45, 7) is 10.0. The normalized spacial score (nSPS) is 11.7. The van der Waals surface area contributed by atoms with Crippen molar-refractivity contribution >= 4 is 28.0 Å². The van der Waals surface area contributed by atoms with Crippen LogP contribution in [0.2, 0.25) is 0 Å². The monoisotopic (exact) mass is 563 g/mol. The Morgan fingerprint density at radius 1 is 0.450 bits per heavy atom. The first-order valence-electron chi connectivity index (χ1n) is 13.6. The molecule has 2 aliphatic rings. The Morgan fingerprint density at radius 2 is 0.700 bits per heavy atom. The summed E-state index contributed by atoms with van der Waals surface area (Å²) in [6.07, 6.45) is 18.8. The summed E-state index contributed by atoms with van der Waals surface area (Å²) in [6, 6.07) is 43.5. The van der Waals surface area contributed by atoms with E-state index in [9.17, 15) is 0 Å². The van der Waals surface area contributed by atoms with Crippen molar-refractivity contribution in [2.24, 2.45) is 0 Å². The van der Waals surface area contributed by atoms with Gasteiger partial charge in [-0.2, -0.15) is 47.9 Å². The number of hydrogen-bond acceptors (Lipinski definition) is 0. The van der Waals surface area contributed by atoms with E-state index in [-0.39, 0.29) is 17.1 Å². The van der Waals surface area contributed by atoms with Crippen molar-refractivity contribution in [1.29, 1.82) is 0 Å². The minimum Gasteiger partial charge on any atom is -0.346 e. The molecule has 0 nitrogen and oxygen atoms in total. The van der Waals surface area contributed by atoms with Crippen LogP contribution in [0.1, 0.15) is 26.7 Å². The number of hydrogen-bond donors (Lipinski definition) is 0. The Bertz CT molecular complexity index is 1050. The molecule has 204 valence electrons. The molecule has 6 rings (SSSR count). The molecule has 4 aromatic carbocycles. The molecular weight excluding hydrogens is 523 g/mol. The van der Waals surface area contributed by atoms with E-state index < -0.39 is 6.15 Å². The van der Waals surface area contributed by atoms with Crippen molar-refractivity contribution in [2.45, 2.75) is 26.7 Å². The van der Waals surface area contributed by atoms with Gasteiger partial charge in [0, 0.05) is 0 Å². The largest absolute Gasteiger partial charge is 4.00 e. The van der Waals surface area contributed by atoms with Gasteiger partial charge in [0.25, 0.3) is 0 Å². The first kappa shape index (κ1) is 34.5. The van der Waals surface area contributed by atoms with Crippen molar-refractivity contribution < 1.29 is 17.1 Å². The SMILES string of the molecule is [C-]1=CC=CC1.[C-]1=CC=CC1.[CH2-]C.[CH2-]C.[Fe+4].c1ccc([B-](c2ccccc2)(c2ccccc2)c2ccccc2)cc1. The molecule has 4 aromatic rings. The summed E-state index contributed by atoms with van der Waals surface area (Å²) in [5, 5.41) is 0. The Kier molecular flexibility index (Phi) is 18.3. The van der Waals surface area contributed by atoms with Crippen molar-refractivity contribution in [2.75, 3.05) is 0 Å². The molecule has 2 aliphatic carbocycles. The molecule has 0 aromatic heterocycles. The fourth-order valence-corrected chi connectivity index (χ4v) is 4.80. The average Bonchev–Trinajstić information content (AvgIpc) is 3.83. The molecule has 0 fully saturated rings. The predicted octanol–water partition coefficient (Wildman–Crippen LogP) is 7.35. The van der Waals surface area contributed by atoms with E-state index in [2.05, 4.69) is 159 Å². The second kappa shape index (κ2) is 21.3. The zero-order chi connectivity index (χ0) is 28.0. The van der Waals surface area contributed by atoms with Crippen LogP contribution in [-0.2, 0) is 17.1 Å². The molecule has 0 saturated carbocycles. The van der Waals surface area contributed by atoms with Crippen molar-refractivity contribution in [3.05, 3.63) is 184 Å². The summed E-state index contributed by atoms with van der Waals surface area (Å²) < 4.78 is 0. The van der Waals surface area contributed by atoms with Gasteiger partial charge in [0.1, 0.15) is 6.15 Å². The van der Waals surface area contributed by atoms with Crippen LogP contribution in [0.25, 0.3) is 0 Å². The van der Waals surface area contributed by atoms with Crippen molar-refractivity contribution in [3.63, 3.8) is 0 Å².